The summed E-state index contributed by atoms with van der Waals surface area (Å²) in [4.78, 5) is 4.18. The van der Waals surface area contributed by atoms with Gasteiger partial charge in [0.15, 0.2) is 0 Å². The molecule has 3 aromatic rings. The molecule has 0 atom stereocenters. The number of hydrogen-bond acceptors (Lipinski definition) is 2. The number of alkyl halides is 3. The smallest absolute Gasteiger partial charge is 0.336 e. The van der Waals surface area contributed by atoms with E-state index in [1.165, 1.54) is 12.1 Å². The highest BCUT2D eigenvalue weighted by atomic mass is 19.4. The van der Waals surface area contributed by atoms with Gasteiger partial charge in [-0.25, -0.2) is 4.98 Å². The zero-order valence-corrected chi connectivity index (χ0v) is 14.4. The third-order valence-electron chi connectivity index (χ3n) is 4.14. The summed E-state index contributed by atoms with van der Waals surface area (Å²) in [5, 5.41) is 3.37. The van der Waals surface area contributed by atoms with Crippen molar-refractivity contribution in [2.75, 3.05) is 6.54 Å². The third kappa shape index (κ3) is 4.73. The van der Waals surface area contributed by atoms with Crippen LogP contribution in [-0.2, 0) is 19.3 Å². The predicted molar refractivity (Wildman–Crippen MR) is 95.6 cm³/mol. The lowest BCUT2D eigenvalue weighted by molar-refractivity contribution is -0.137. The van der Waals surface area contributed by atoms with Gasteiger partial charge in [0.05, 0.1) is 17.6 Å². The van der Waals surface area contributed by atoms with Crippen molar-refractivity contribution in [3.8, 4) is 11.1 Å². The molecule has 2 aromatic carbocycles. The molecule has 0 fully saturated rings. The summed E-state index contributed by atoms with van der Waals surface area (Å²) in [7, 11) is 0. The van der Waals surface area contributed by atoms with Crippen LogP contribution in [0.25, 0.3) is 11.1 Å². The van der Waals surface area contributed by atoms with Crippen LogP contribution in [0, 0.1) is 6.92 Å². The van der Waals surface area contributed by atoms with Gasteiger partial charge in [0.25, 0.3) is 0 Å². The van der Waals surface area contributed by atoms with E-state index in [1.54, 1.807) is 0 Å². The molecule has 0 bridgehead atoms. The molecule has 3 nitrogen and oxygen atoms in total. The van der Waals surface area contributed by atoms with Gasteiger partial charge in [-0.15, -0.1) is 0 Å². The van der Waals surface area contributed by atoms with Crippen LogP contribution in [0.4, 0.5) is 13.2 Å². The van der Waals surface area contributed by atoms with E-state index < -0.39 is 11.7 Å². The number of nitrogens with zero attached hydrogens (tertiary/aromatic N) is 2. The second-order valence-corrected chi connectivity index (χ2v) is 6.20. The van der Waals surface area contributed by atoms with E-state index in [0.29, 0.717) is 0 Å². The second-order valence-electron chi connectivity index (χ2n) is 6.20. The van der Waals surface area contributed by atoms with Gasteiger partial charge in [0.1, 0.15) is 0 Å². The van der Waals surface area contributed by atoms with Crippen LogP contribution in [0.2, 0.25) is 0 Å². The number of aromatic nitrogens is 2. The van der Waals surface area contributed by atoms with Crippen molar-refractivity contribution >= 4 is 0 Å². The molecule has 0 saturated carbocycles. The van der Waals surface area contributed by atoms with Crippen LogP contribution in [0.1, 0.15) is 16.8 Å². The average molecular weight is 359 g/mol. The molecule has 0 aliphatic rings. The quantitative estimate of drug-likeness (QED) is 0.649. The maximum Gasteiger partial charge on any atom is 0.416 e. The number of rotatable bonds is 6. The summed E-state index contributed by atoms with van der Waals surface area (Å²) < 4.78 is 39.9. The first-order chi connectivity index (χ1) is 12.4. The van der Waals surface area contributed by atoms with Crippen LogP contribution < -0.4 is 5.32 Å². The first-order valence-corrected chi connectivity index (χ1v) is 8.37. The van der Waals surface area contributed by atoms with Gasteiger partial charge in [-0.1, -0.05) is 36.4 Å². The largest absolute Gasteiger partial charge is 0.416 e. The zero-order valence-electron chi connectivity index (χ0n) is 14.4. The SMILES string of the molecule is Cc1cn(CCNCc2ccc(-c3ccc(C(F)(F)F)cc3)cc2)cn1. The summed E-state index contributed by atoms with van der Waals surface area (Å²) in [6.45, 7) is 4.38. The molecule has 0 aliphatic carbocycles. The number of hydrogen-bond donors (Lipinski definition) is 1. The van der Waals surface area contributed by atoms with Crippen molar-refractivity contribution in [1.82, 2.24) is 14.9 Å². The van der Waals surface area contributed by atoms with Gasteiger partial charge < -0.3 is 9.88 Å². The molecule has 0 spiro atoms. The Hall–Kier alpha value is -2.60. The first kappa shape index (κ1) is 18.2. The van der Waals surface area contributed by atoms with E-state index in [4.69, 9.17) is 0 Å². The summed E-state index contributed by atoms with van der Waals surface area (Å²) in [5.74, 6) is 0. The Bertz CT molecular complexity index is 834. The lowest BCUT2D eigenvalue weighted by Gasteiger charge is -2.09. The zero-order chi connectivity index (χ0) is 18.6. The summed E-state index contributed by atoms with van der Waals surface area (Å²) in [5.41, 5.74) is 3.17. The standard InChI is InChI=1S/C20H20F3N3/c1-15-13-26(14-25-15)11-10-24-12-16-2-4-17(5-3-16)18-6-8-19(9-7-18)20(21,22)23/h2-9,13-14,24H,10-12H2,1H3. The van der Waals surface area contributed by atoms with Crippen LogP contribution in [0.3, 0.4) is 0 Å². The fraction of sp³-hybridized carbons (Fsp3) is 0.250. The number of halogens is 3. The van der Waals surface area contributed by atoms with E-state index in [1.807, 2.05) is 48.3 Å². The van der Waals surface area contributed by atoms with Gasteiger partial charge >= 0.3 is 6.18 Å². The van der Waals surface area contributed by atoms with E-state index in [-0.39, 0.29) is 0 Å². The lowest BCUT2D eigenvalue weighted by atomic mass is 10.0. The monoisotopic (exact) mass is 359 g/mol. The van der Waals surface area contributed by atoms with Crippen LogP contribution in [-0.4, -0.2) is 16.1 Å². The topological polar surface area (TPSA) is 29.9 Å². The van der Waals surface area contributed by atoms with Crippen LogP contribution in [0.5, 0.6) is 0 Å². The molecule has 6 heteroatoms. The van der Waals surface area contributed by atoms with Crippen molar-refractivity contribution in [3.05, 3.63) is 77.9 Å². The third-order valence-corrected chi connectivity index (χ3v) is 4.14. The Kier molecular flexibility index (Phi) is 5.42. The summed E-state index contributed by atoms with van der Waals surface area (Å²) >= 11 is 0. The maximum absolute atomic E-state index is 12.6. The highest BCUT2D eigenvalue weighted by Crippen LogP contribution is 2.31. The molecule has 136 valence electrons. The number of imidazole rings is 1. The molecule has 1 heterocycles. The molecular weight excluding hydrogens is 339 g/mol. The van der Waals surface area contributed by atoms with Crippen molar-refractivity contribution < 1.29 is 13.2 Å². The predicted octanol–water partition coefficient (Wildman–Crippen LogP) is 4.67. The molecular formula is C20H20F3N3. The van der Waals surface area contributed by atoms with Crippen LogP contribution in [0.15, 0.2) is 61.1 Å². The Morgan fingerprint density at radius 2 is 1.58 bits per heavy atom. The molecule has 1 N–H and O–H groups in total. The van der Waals surface area contributed by atoms with Gasteiger partial charge in [0, 0.05) is 25.8 Å². The van der Waals surface area contributed by atoms with Gasteiger partial charge in [0.2, 0.25) is 0 Å². The van der Waals surface area contributed by atoms with Crippen molar-refractivity contribution in [2.45, 2.75) is 26.2 Å². The molecule has 0 unspecified atom stereocenters. The average Bonchev–Trinajstić information content (AvgIpc) is 3.04. The van der Waals surface area contributed by atoms with E-state index in [9.17, 15) is 13.2 Å². The van der Waals surface area contributed by atoms with Gasteiger partial charge in [-0.3, -0.25) is 0 Å². The number of benzene rings is 2. The van der Waals surface area contributed by atoms with Gasteiger partial charge in [-0.05, 0) is 35.7 Å². The Morgan fingerprint density at radius 1 is 0.962 bits per heavy atom. The van der Waals surface area contributed by atoms with Gasteiger partial charge in [-0.2, -0.15) is 13.2 Å². The molecule has 0 radical (unpaired) electrons. The Labute approximate surface area is 150 Å². The van der Waals surface area contributed by atoms with Crippen LogP contribution >= 0.6 is 0 Å². The first-order valence-electron chi connectivity index (χ1n) is 8.37. The minimum absolute atomic E-state index is 0.629. The number of nitrogens with one attached hydrogen (secondary N) is 1. The Balaban J connectivity index is 1.53. The normalized spacial score (nSPS) is 11.7. The fourth-order valence-electron chi connectivity index (χ4n) is 2.70. The van der Waals surface area contributed by atoms with Crippen molar-refractivity contribution in [3.63, 3.8) is 0 Å². The fourth-order valence-corrected chi connectivity index (χ4v) is 2.70. The molecule has 26 heavy (non-hydrogen) atoms. The molecule has 1 aromatic heterocycles. The summed E-state index contributed by atoms with van der Waals surface area (Å²) in [6, 6.07) is 13.1. The molecule has 3 rings (SSSR count). The van der Waals surface area contributed by atoms with E-state index in [0.717, 1.165) is 54.2 Å². The molecule has 0 saturated heterocycles. The Morgan fingerprint density at radius 3 is 2.12 bits per heavy atom. The van der Waals surface area contributed by atoms with Crippen molar-refractivity contribution in [2.24, 2.45) is 0 Å². The van der Waals surface area contributed by atoms with E-state index in [2.05, 4.69) is 10.3 Å². The molecule has 0 aliphatic heterocycles. The van der Waals surface area contributed by atoms with Crippen molar-refractivity contribution in [1.29, 1.82) is 0 Å². The maximum atomic E-state index is 12.6. The minimum Gasteiger partial charge on any atom is -0.336 e. The minimum atomic E-state index is -4.30. The highest BCUT2D eigenvalue weighted by Gasteiger charge is 2.29. The highest BCUT2D eigenvalue weighted by molar-refractivity contribution is 5.64. The second kappa shape index (κ2) is 7.74. The lowest BCUT2D eigenvalue weighted by Crippen LogP contribution is -2.18. The van der Waals surface area contributed by atoms with E-state index >= 15 is 0 Å². The number of aryl methyl sites for hydroxylation is 1. The molecule has 0 amide bonds. The summed E-state index contributed by atoms with van der Waals surface area (Å²) in [6.07, 6.45) is -0.486.